The second kappa shape index (κ2) is 7.56. The van der Waals surface area contributed by atoms with Crippen molar-refractivity contribution in [2.24, 2.45) is 11.8 Å². The maximum atomic E-state index is 13.3. The van der Waals surface area contributed by atoms with Gasteiger partial charge in [0.25, 0.3) is 0 Å². The molecule has 7 nitrogen and oxygen atoms in total. The van der Waals surface area contributed by atoms with Crippen molar-refractivity contribution in [2.75, 3.05) is 33.4 Å². The number of hydrogen-bond donors (Lipinski definition) is 2. The van der Waals surface area contributed by atoms with Crippen LogP contribution in [0, 0.1) is 11.8 Å². The van der Waals surface area contributed by atoms with Crippen LogP contribution in [0.4, 0.5) is 0 Å². The van der Waals surface area contributed by atoms with Crippen LogP contribution in [0.15, 0.2) is 42.6 Å². The van der Waals surface area contributed by atoms with Gasteiger partial charge in [0.15, 0.2) is 0 Å². The number of carbonyl (C=O) groups excluding carboxylic acids is 2. The number of para-hydroxylation sites is 1. The summed E-state index contributed by atoms with van der Waals surface area (Å²) in [6.45, 7) is 2.26. The minimum atomic E-state index is -0.656. The van der Waals surface area contributed by atoms with E-state index in [4.69, 9.17) is 9.47 Å². The molecule has 158 valence electrons. The molecule has 2 amide bonds. The third kappa shape index (κ3) is 3.04. The number of aromatic amines is 1. The average Bonchev–Trinajstić information content (AvgIpc) is 3.49. The Kier molecular flexibility index (Phi) is 4.87. The molecule has 1 spiro atoms. The van der Waals surface area contributed by atoms with Gasteiger partial charge in [-0.15, -0.1) is 0 Å². The Labute approximate surface area is 175 Å². The minimum Gasteiger partial charge on any atom is -0.385 e. The Morgan fingerprint density at radius 2 is 2.27 bits per heavy atom. The molecule has 2 aromatic rings. The fourth-order valence-corrected chi connectivity index (χ4v) is 5.21. The first-order valence-corrected chi connectivity index (χ1v) is 10.6. The number of amides is 2. The number of aromatic nitrogens is 1. The zero-order chi connectivity index (χ0) is 20.7. The predicted octanol–water partition coefficient (Wildman–Crippen LogP) is 1.65. The van der Waals surface area contributed by atoms with Gasteiger partial charge in [-0.1, -0.05) is 30.4 Å². The largest absolute Gasteiger partial charge is 0.385 e. The van der Waals surface area contributed by atoms with Crippen LogP contribution < -0.4 is 5.32 Å². The molecule has 0 aliphatic carbocycles. The molecule has 4 heterocycles. The van der Waals surface area contributed by atoms with Crippen LogP contribution in [-0.4, -0.2) is 66.8 Å². The van der Waals surface area contributed by atoms with Crippen LogP contribution in [0.25, 0.3) is 10.9 Å². The van der Waals surface area contributed by atoms with E-state index in [1.807, 2.05) is 35.4 Å². The molecule has 2 bridgehead atoms. The molecule has 0 radical (unpaired) electrons. The molecule has 1 aromatic heterocycles. The third-order valence-corrected chi connectivity index (χ3v) is 6.63. The maximum absolute atomic E-state index is 13.3. The van der Waals surface area contributed by atoms with E-state index in [1.54, 1.807) is 7.11 Å². The Hall–Kier alpha value is -2.64. The van der Waals surface area contributed by atoms with Gasteiger partial charge < -0.3 is 24.7 Å². The predicted molar refractivity (Wildman–Crippen MR) is 112 cm³/mol. The number of methoxy groups -OCH3 is 1. The zero-order valence-electron chi connectivity index (χ0n) is 17.1. The number of ether oxygens (including phenoxy) is 2. The molecule has 5 rings (SSSR count). The number of hydrogen-bond acceptors (Lipinski definition) is 4. The SMILES string of the molecule is COCCCNC(=O)C1C2C(=O)N(CCc3c[nH]c4ccccc34)C[C@@]23C=C[C@@H]1O3. The molecule has 3 aliphatic rings. The highest BCUT2D eigenvalue weighted by Gasteiger charge is 2.66. The van der Waals surface area contributed by atoms with Crippen molar-refractivity contribution < 1.29 is 19.1 Å². The highest BCUT2D eigenvalue weighted by molar-refractivity contribution is 5.93. The maximum Gasteiger partial charge on any atom is 0.230 e. The number of nitrogens with one attached hydrogen (secondary N) is 2. The zero-order valence-corrected chi connectivity index (χ0v) is 17.1. The molecule has 2 N–H and O–H groups in total. The van der Waals surface area contributed by atoms with Gasteiger partial charge in [-0.3, -0.25) is 9.59 Å². The van der Waals surface area contributed by atoms with Crippen LogP contribution in [0.3, 0.4) is 0 Å². The summed E-state index contributed by atoms with van der Waals surface area (Å²) < 4.78 is 11.2. The van der Waals surface area contributed by atoms with Crippen molar-refractivity contribution in [3.63, 3.8) is 0 Å². The van der Waals surface area contributed by atoms with Crippen LogP contribution in [0.1, 0.15) is 12.0 Å². The molecular formula is C23H27N3O4. The van der Waals surface area contributed by atoms with Gasteiger partial charge in [-0.05, 0) is 24.5 Å². The van der Waals surface area contributed by atoms with Crippen LogP contribution >= 0.6 is 0 Å². The van der Waals surface area contributed by atoms with Crippen molar-refractivity contribution >= 4 is 22.7 Å². The van der Waals surface area contributed by atoms with Gasteiger partial charge in [-0.25, -0.2) is 0 Å². The highest BCUT2D eigenvalue weighted by Crippen LogP contribution is 2.51. The number of likely N-dealkylation sites (tertiary alicyclic amines) is 1. The van der Waals surface area contributed by atoms with Gasteiger partial charge >= 0.3 is 0 Å². The molecule has 3 aliphatic heterocycles. The molecule has 2 unspecified atom stereocenters. The van der Waals surface area contributed by atoms with E-state index in [1.165, 1.54) is 10.9 Å². The molecule has 30 heavy (non-hydrogen) atoms. The number of fused-ring (bicyclic) bond motifs is 2. The molecule has 2 fully saturated rings. The van der Waals surface area contributed by atoms with Gasteiger partial charge in [0.05, 0.1) is 24.5 Å². The van der Waals surface area contributed by atoms with Gasteiger partial charge in [-0.2, -0.15) is 0 Å². The Balaban J connectivity index is 1.27. The number of benzene rings is 1. The molecule has 7 heteroatoms. The summed E-state index contributed by atoms with van der Waals surface area (Å²) in [5.74, 6) is -0.959. The fourth-order valence-electron chi connectivity index (χ4n) is 5.21. The van der Waals surface area contributed by atoms with E-state index < -0.39 is 17.4 Å². The highest BCUT2D eigenvalue weighted by atomic mass is 16.5. The normalized spacial score (nSPS) is 29.2. The van der Waals surface area contributed by atoms with E-state index in [9.17, 15) is 9.59 Å². The average molecular weight is 409 g/mol. The second-order valence-corrected chi connectivity index (χ2v) is 8.41. The third-order valence-electron chi connectivity index (χ3n) is 6.63. The van der Waals surface area contributed by atoms with Crippen molar-refractivity contribution in [3.8, 4) is 0 Å². The Morgan fingerprint density at radius 3 is 3.13 bits per heavy atom. The van der Waals surface area contributed by atoms with Crippen LogP contribution in [0.5, 0.6) is 0 Å². The van der Waals surface area contributed by atoms with E-state index in [-0.39, 0.29) is 17.9 Å². The molecule has 2 saturated heterocycles. The van der Waals surface area contributed by atoms with Gasteiger partial charge in [0.1, 0.15) is 5.60 Å². The lowest BCUT2D eigenvalue weighted by Gasteiger charge is -2.23. The van der Waals surface area contributed by atoms with Gasteiger partial charge in [0, 0.05) is 43.9 Å². The molecule has 0 saturated carbocycles. The van der Waals surface area contributed by atoms with E-state index in [0.29, 0.717) is 26.2 Å². The quantitative estimate of drug-likeness (QED) is 0.513. The molecule has 4 atom stereocenters. The van der Waals surface area contributed by atoms with Crippen LogP contribution in [-0.2, 0) is 25.5 Å². The smallest absolute Gasteiger partial charge is 0.230 e. The standard InChI is InChI=1S/C23H27N3O4/c1-29-12-4-10-24-21(27)19-18-7-9-23(30-18)14-26(22(28)20(19)23)11-8-15-13-25-17-6-3-2-5-16(15)17/h2-3,5-7,9,13,18-20,25H,4,8,10-12,14H2,1H3,(H,24,27)/t18-,19?,20?,23-/m0/s1. The first-order chi connectivity index (χ1) is 14.6. The van der Waals surface area contributed by atoms with Crippen molar-refractivity contribution in [3.05, 3.63) is 48.2 Å². The summed E-state index contributed by atoms with van der Waals surface area (Å²) >= 11 is 0. The summed E-state index contributed by atoms with van der Waals surface area (Å²) in [7, 11) is 1.64. The first kappa shape index (κ1) is 19.3. The lowest BCUT2D eigenvalue weighted by atomic mass is 9.77. The lowest BCUT2D eigenvalue weighted by molar-refractivity contribution is -0.137. The summed E-state index contributed by atoms with van der Waals surface area (Å²) in [5.41, 5.74) is 1.64. The number of H-pyrrole nitrogens is 1. The van der Waals surface area contributed by atoms with Crippen LogP contribution in [0.2, 0.25) is 0 Å². The second-order valence-electron chi connectivity index (χ2n) is 8.41. The van der Waals surface area contributed by atoms with Crippen molar-refractivity contribution in [1.29, 1.82) is 0 Å². The summed E-state index contributed by atoms with van der Waals surface area (Å²) in [5, 5.41) is 4.14. The molecular weight excluding hydrogens is 382 g/mol. The molecule has 1 aromatic carbocycles. The Bertz CT molecular complexity index is 999. The summed E-state index contributed by atoms with van der Waals surface area (Å²) in [6.07, 6.45) is 7.17. The van der Waals surface area contributed by atoms with Crippen molar-refractivity contribution in [1.82, 2.24) is 15.2 Å². The Morgan fingerprint density at radius 1 is 1.40 bits per heavy atom. The van der Waals surface area contributed by atoms with E-state index in [0.717, 1.165) is 18.4 Å². The van der Waals surface area contributed by atoms with Crippen molar-refractivity contribution in [2.45, 2.75) is 24.5 Å². The summed E-state index contributed by atoms with van der Waals surface area (Å²) in [6, 6.07) is 8.18. The first-order valence-electron chi connectivity index (χ1n) is 10.6. The summed E-state index contributed by atoms with van der Waals surface area (Å²) in [4.78, 5) is 31.3. The number of nitrogens with zero attached hydrogens (tertiary/aromatic N) is 1. The van der Waals surface area contributed by atoms with E-state index >= 15 is 0 Å². The van der Waals surface area contributed by atoms with Gasteiger partial charge in [0.2, 0.25) is 11.8 Å². The lowest BCUT2D eigenvalue weighted by Crippen LogP contribution is -2.44. The topological polar surface area (TPSA) is 83.7 Å². The monoisotopic (exact) mass is 409 g/mol. The number of rotatable bonds is 8. The fraction of sp³-hybridized carbons (Fsp3) is 0.478. The number of carbonyl (C=O) groups is 2. The minimum absolute atomic E-state index is 0.0266. The van der Waals surface area contributed by atoms with E-state index in [2.05, 4.69) is 22.4 Å².